The zero-order chi connectivity index (χ0) is 24.2. The van der Waals surface area contributed by atoms with Crippen LogP contribution in [0.15, 0.2) is 11.6 Å². The molecule has 3 fully saturated rings. The summed E-state index contributed by atoms with van der Waals surface area (Å²) < 4.78 is 0. The maximum Gasteiger partial charge on any atom is 0.0776 e. The van der Waals surface area contributed by atoms with Gasteiger partial charge in [-0.2, -0.15) is 5.26 Å². The quantitative estimate of drug-likeness (QED) is 0.422. The molecule has 3 heteroatoms. The van der Waals surface area contributed by atoms with E-state index in [-0.39, 0.29) is 0 Å². The Morgan fingerprint density at radius 1 is 1.12 bits per heavy atom. The lowest BCUT2D eigenvalue weighted by atomic mass is 9.46. The molecule has 9 atom stereocenters. The van der Waals surface area contributed by atoms with Crippen molar-refractivity contribution in [2.75, 3.05) is 0 Å². The van der Waals surface area contributed by atoms with Gasteiger partial charge in [0.25, 0.3) is 0 Å². The second-order valence-electron chi connectivity index (χ2n) is 13.6. The van der Waals surface area contributed by atoms with Crippen LogP contribution in [0.1, 0.15) is 112 Å². The molecule has 4 aliphatic rings. The molecule has 0 aliphatic heterocycles. The Bertz CT molecular complexity index is 811. The molecule has 186 valence electrons. The van der Waals surface area contributed by atoms with Crippen molar-refractivity contribution in [3.8, 4) is 6.07 Å². The van der Waals surface area contributed by atoms with Gasteiger partial charge in [-0.1, -0.05) is 39.3 Å². The molecule has 3 nitrogen and oxygen atoms in total. The molecule has 2 N–H and O–H groups in total. The van der Waals surface area contributed by atoms with Crippen molar-refractivity contribution in [3.05, 3.63) is 11.6 Å². The fraction of sp³-hybridized carbons (Fsp3) is 0.900. The third-order valence-corrected chi connectivity index (χ3v) is 11.7. The third kappa shape index (κ3) is 4.12. The first-order valence-corrected chi connectivity index (χ1v) is 13.9. The molecule has 3 saturated carbocycles. The first-order valence-electron chi connectivity index (χ1n) is 13.9. The van der Waals surface area contributed by atoms with E-state index in [4.69, 9.17) is 0 Å². The van der Waals surface area contributed by atoms with Crippen LogP contribution in [0.25, 0.3) is 0 Å². The number of aliphatic hydroxyl groups excluding tert-OH is 1. The summed E-state index contributed by atoms with van der Waals surface area (Å²) in [6, 6.07) is 2.28. The highest BCUT2D eigenvalue weighted by molar-refractivity contribution is 5.27. The van der Waals surface area contributed by atoms with Crippen molar-refractivity contribution in [1.82, 2.24) is 0 Å². The Morgan fingerprint density at radius 3 is 2.52 bits per heavy atom. The summed E-state index contributed by atoms with van der Waals surface area (Å²) >= 11 is 0. The van der Waals surface area contributed by atoms with Crippen LogP contribution in [0.2, 0.25) is 0 Å². The van der Waals surface area contributed by atoms with Gasteiger partial charge in [-0.25, -0.2) is 0 Å². The van der Waals surface area contributed by atoms with E-state index in [9.17, 15) is 15.5 Å². The Hall–Kier alpha value is -0.850. The first-order chi connectivity index (χ1) is 15.4. The number of rotatable bonds is 6. The van der Waals surface area contributed by atoms with Gasteiger partial charge in [0.05, 0.1) is 23.2 Å². The predicted molar refractivity (Wildman–Crippen MR) is 134 cm³/mol. The van der Waals surface area contributed by atoms with E-state index in [1.54, 1.807) is 5.57 Å². The van der Waals surface area contributed by atoms with E-state index in [1.807, 2.05) is 13.8 Å². The van der Waals surface area contributed by atoms with Crippen LogP contribution < -0.4 is 0 Å². The lowest BCUT2D eigenvalue weighted by Crippen LogP contribution is -2.52. The summed E-state index contributed by atoms with van der Waals surface area (Å²) in [5.41, 5.74) is 1.14. The summed E-state index contributed by atoms with van der Waals surface area (Å²) in [7, 11) is 0. The van der Waals surface area contributed by atoms with Crippen LogP contribution in [0.5, 0.6) is 0 Å². The van der Waals surface area contributed by atoms with Crippen LogP contribution >= 0.6 is 0 Å². The molecule has 0 bridgehead atoms. The van der Waals surface area contributed by atoms with Crippen molar-refractivity contribution in [2.24, 2.45) is 45.8 Å². The van der Waals surface area contributed by atoms with Crippen LogP contribution in [0.3, 0.4) is 0 Å². The molecule has 0 aromatic heterocycles. The molecule has 7 unspecified atom stereocenters. The average Bonchev–Trinajstić information content (AvgIpc) is 3.15. The van der Waals surface area contributed by atoms with Crippen LogP contribution in [0, 0.1) is 57.2 Å². The summed E-state index contributed by atoms with van der Waals surface area (Å²) in [4.78, 5) is 0. The van der Waals surface area contributed by atoms with E-state index in [0.29, 0.717) is 16.7 Å². The van der Waals surface area contributed by atoms with Gasteiger partial charge >= 0.3 is 0 Å². The minimum atomic E-state index is -0.661. The molecule has 0 aromatic carbocycles. The summed E-state index contributed by atoms with van der Waals surface area (Å²) in [6.45, 7) is 13.4. The Kier molecular flexibility index (Phi) is 6.63. The predicted octanol–water partition coefficient (Wildman–Crippen LogP) is 7.03. The topological polar surface area (TPSA) is 64.2 Å². The smallest absolute Gasteiger partial charge is 0.0776 e. The van der Waals surface area contributed by atoms with Crippen LogP contribution in [0.4, 0.5) is 0 Å². The highest BCUT2D eigenvalue weighted by Gasteiger charge is 2.59. The third-order valence-electron chi connectivity index (χ3n) is 11.7. The SMILES string of the molecule is CC[C@]1(O)CCC2(C)C(=CCC3C2CCC2(C)C3CCC2[C@H](C)CCC(O)C(C)(C)C#N)C1. The fourth-order valence-corrected chi connectivity index (χ4v) is 9.05. The largest absolute Gasteiger partial charge is 0.391 e. The van der Waals surface area contributed by atoms with Gasteiger partial charge in [0.2, 0.25) is 0 Å². The van der Waals surface area contributed by atoms with Gasteiger partial charge in [-0.3, -0.25) is 0 Å². The van der Waals surface area contributed by atoms with Crippen LogP contribution in [-0.4, -0.2) is 21.9 Å². The second kappa shape index (κ2) is 8.67. The molecular weight excluding hydrogens is 406 g/mol. The number of nitrogens with zero attached hydrogens (tertiary/aromatic N) is 1. The summed E-state index contributed by atoms with van der Waals surface area (Å²) in [5, 5.41) is 30.9. The standard InChI is InChI=1S/C30H49NO2/c1-7-30(33)17-16-28(5)21(18-30)9-10-22-24-12-11-23(29(24,6)15-14-25(22)28)20(2)8-13-26(32)27(3,4)19-31/h9,20,22-26,32-33H,7-8,10-18H2,1-6H3/t20-,22?,23?,24?,25?,26?,28?,29?,30+/m1/s1. The molecular formula is C30H49NO2. The lowest BCUT2D eigenvalue weighted by molar-refractivity contribution is -0.0759. The Labute approximate surface area is 203 Å². The molecule has 0 heterocycles. The first kappa shape index (κ1) is 25.2. The van der Waals surface area contributed by atoms with Gasteiger partial charge in [0, 0.05) is 0 Å². The van der Waals surface area contributed by atoms with E-state index in [1.165, 1.54) is 32.1 Å². The average molecular weight is 456 g/mol. The highest BCUT2D eigenvalue weighted by atomic mass is 16.3. The number of hydrogen-bond donors (Lipinski definition) is 2. The monoisotopic (exact) mass is 455 g/mol. The zero-order valence-corrected chi connectivity index (χ0v) is 22.2. The highest BCUT2D eigenvalue weighted by Crippen LogP contribution is 2.67. The molecule has 4 rings (SSSR count). The minimum absolute atomic E-state index is 0.294. The lowest BCUT2D eigenvalue weighted by Gasteiger charge is -2.59. The number of nitriles is 1. The maximum atomic E-state index is 11.0. The van der Waals surface area contributed by atoms with E-state index in [0.717, 1.165) is 62.2 Å². The number of allylic oxidation sites excluding steroid dienone is 1. The Balaban J connectivity index is 1.47. The van der Waals surface area contributed by atoms with Gasteiger partial charge in [0.15, 0.2) is 0 Å². The Morgan fingerprint density at radius 2 is 1.85 bits per heavy atom. The van der Waals surface area contributed by atoms with Crippen LogP contribution in [-0.2, 0) is 0 Å². The number of fused-ring (bicyclic) bond motifs is 5. The van der Waals surface area contributed by atoms with E-state index < -0.39 is 17.1 Å². The number of aliphatic hydroxyl groups is 2. The molecule has 0 aromatic rings. The fourth-order valence-electron chi connectivity index (χ4n) is 9.05. The van der Waals surface area contributed by atoms with Gasteiger partial charge in [-0.05, 0) is 125 Å². The molecule has 0 radical (unpaired) electrons. The van der Waals surface area contributed by atoms with Crippen molar-refractivity contribution in [2.45, 2.75) is 124 Å². The van der Waals surface area contributed by atoms with Crippen molar-refractivity contribution < 1.29 is 10.2 Å². The molecule has 4 aliphatic carbocycles. The van der Waals surface area contributed by atoms with Crippen molar-refractivity contribution in [1.29, 1.82) is 5.26 Å². The van der Waals surface area contributed by atoms with Crippen molar-refractivity contribution >= 4 is 0 Å². The minimum Gasteiger partial charge on any atom is -0.391 e. The van der Waals surface area contributed by atoms with Gasteiger partial charge in [0.1, 0.15) is 0 Å². The molecule has 0 amide bonds. The normalized spacial score (nSPS) is 44.6. The van der Waals surface area contributed by atoms with E-state index >= 15 is 0 Å². The summed E-state index contributed by atoms with van der Waals surface area (Å²) in [5.74, 6) is 3.72. The van der Waals surface area contributed by atoms with Gasteiger partial charge < -0.3 is 10.2 Å². The molecule has 0 saturated heterocycles. The van der Waals surface area contributed by atoms with Gasteiger partial charge in [-0.15, -0.1) is 0 Å². The maximum absolute atomic E-state index is 11.0. The zero-order valence-electron chi connectivity index (χ0n) is 22.2. The van der Waals surface area contributed by atoms with E-state index in [2.05, 4.69) is 39.8 Å². The summed E-state index contributed by atoms with van der Waals surface area (Å²) in [6.07, 6.45) is 14.2. The molecule has 33 heavy (non-hydrogen) atoms. The number of hydrogen-bond acceptors (Lipinski definition) is 3. The molecule has 0 spiro atoms. The van der Waals surface area contributed by atoms with Crippen molar-refractivity contribution in [3.63, 3.8) is 0 Å². The second-order valence-corrected chi connectivity index (χ2v) is 13.6.